The number of aromatic nitrogens is 2. The number of carbonyl (C=O) groups excluding carboxylic acids is 2. The lowest BCUT2D eigenvalue weighted by Gasteiger charge is -2.33. The van der Waals surface area contributed by atoms with Crippen molar-refractivity contribution in [3.63, 3.8) is 0 Å². The van der Waals surface area contributed by atoms with E-state index in [1.54, 1.807) is 0 Å². The molecule has 1 aliphatic rings. The van der Waals surface area contributed by atoms with Crippen molar-refractivity contribution in [1.82, 2.24) is 19.6 Å². The molecule has 7 heteroatoms. The normalized spacial score (nSPS) is 14.9. The molecule has 156 valence electrons. The fourth-order valence-electron chi connectivity index (χ4n) is 3.93. The maximum absolute atomic E-state index is 12.9. The van der Waals surface area contributed by atoms with Crippen molar-refractivity contribution in [2.45, 2.75) is 40.5 Å². The Kier molecular flexibility index (Phi) is 6.77. The van der Waals surface area contributed by atoms with Crippen LogP contribution < -0.4 is 0 Å². The number of benzene rings is 1. The molecule has 1 fully saturated rings. The third-order valence-electron chi connectivity index (χ3n) is 5.77. The maximum atomic E-state index is 12.9. The van der Waals surface area contributed by atoms with Gasteiger partial charge in [0.05, 0.1) is 21.5 Å². The van der Waals surface area contributed by atoms with Gasteiger partial charge in [0.2, 0.25) is 5.91 Å². The summed E-state index contributed by atoms with van der Waals surface area (Å²) < 4.78 is 2.87. The van der Waals surface area contributed by atoms with E-state index in [1.165, 1.54) is 0 Å². The van der Waals surface area contributed by atoms with Crippen LogP contribution in [0, 0.1) is 19.8 Å². The van der Waals surface area contributed by atoms with Gasteiger partial charge in [0.1, 0.15) is 0 Å². The van der Waals surface area contributed by atoms with E-state index in [4.69, 9.17) is 0 Å². The lowest BCUT2D eigenvalue weighted by molar-refractivity contribution is -0.136. The predicted octanol–water partition coefficient (Wildman–Crippen LogP) is 3.97. The Morgan fingerprint density at radius 2 is 1.69 bits per heavy atom. The fraction of sp³-hybridized carbons (Fsp3) is 0.500. The van der Waals surface area contributed by atoms with E-state index < -0.39 is 0 Å². The zero-order valence-electron chi connectivity index (χ0n) is 17.6. The second kappa shape index (κ2) is 9.11. The van der Waals surface area contributed by atoms with Crippen LogP contribution in [0.4, 0.5) is 0 Å². The molecule has 0 radical (unpaired) electrons. The molecule has 0 unspecified atom stereocenters. The lowest BCUT2D eigenvalue weighted by atomic mass is 9.94. The van der Waals surface area contributed by atoms with Crippen LogP contribution in [0.15, 0.2) is 28.7 Å². The van der Waals surface area contributed by atoms with Gasteiger partial charge in [0.25, 0.3) is 5.91 Å². The average molecular weight is 461 g/mol. The van der Waals surface area contributed by atoms with Crippen molar-refractivity contribution in [2.75, 3.05) is 26.2 Å². The summed E-state index contributed by atoms with van der Waals surface area (Å²) in [6.07, 6.45) is 1.47. The van der Waals surface area contributed by atoms with Crippen LogP contribution in [0.1, 0.15) is 48.4 Å². The zero-order chi connectivity index (χ0) is 21.1. The van der Waals surface area contributed by atoms with Crippen LogP contribution in [0.2, 0.25) is 0 Å². The number of nitrogens with zero attached hydrogens (tertiary/aromatic N) is 4. The van der Waals surface area contributed by atoms with Gasteiger partial charge in [-0.3, -0.25) is 9.59 Å². The monoisotopic (exact) mass is 460 g/mol. The first-order valence-corrected chi connectivity index (χ1v) is 11.1. The minimum absolute atomic E-state index is 0.0276. The Bertz CT molecular complexity index is 879. The molecule has 2 amide bonds. The van der Waals surface area contributed by atoms with Gasteiger partial charge in [-0.1, -0.05) is 0 Å². The second-order valence-electron chi connectivity index (χ2n) is 7.52. The molecule has 0 bridgehead atoms. The van der Waals surface area contributed by atoms with Crippen molar-refractivity contribution in [3.05, 3.63) is 45.7 Å². The standard InChI is InChI=1S/C22H29BrN4O2/c1-5-25(6-2)21(28)18-11-13-26(14-12-18)22(29)17-7-9-19(10-8-17)27-16(4)20(23)15(3)24-27/h7-10,18H,5-6,11-14H2,1-4H3. The summed E-state index contributed by atoms with van der Waals surface area (Å²) in [7, 11) is 0. The van der Waals surface area contributed by atoms with Crippen LogP contribution in [0.3, 0.4) is 0 Å². The van der Waals surface area contributed by atoms with E-state index in [0.29, 0.717) is 18.7 Å². The largest absolute Gasteiger partial charge is 0.343 e. The molecule has 1 aromatic carbocycles. The van der Waals surface area contributed by atoms with E-state index in [1.807, 2.05) is 66.4 Å². The molecule has 2 aromatic rings. The summed E-state index contributed by atoms with van der Waals surface area (Å²) >= 11 is 3.55. The van der Waals surface area contributed by atoms with E-state index in [0.717, 1.165) is 47.5 Å². The average Bonchev–Trinajstić information content (AvgIpc) is 3.01. The molecular weight excluding hydrogens is 432 g/mol. The van der Waals surface area contributed by atoms with Gasteiger partial charge in [-0.25, -0.2) is 4.68 Å². The smallest absolute Gasteiger partial charge is 0.253 e. The summed E-state index contributed by atoms with van der Waals surface area (Å²) in [6.45, 7) is 10.7. The van der Waals surface area contributed by atoms with Gasteiger partial charge < -0.3 is 9.80 Å². The van der Waals surface area contributed by atoms with Gasteiger partial charge in [-0.05, 0) is 80.7 Å². The Morgan fingerprint density at radius 1 is 1.10 bits per heavy atom. The van der Waals surface area contributed by atoms with Crippen LogP contribution in [-0.4, -0.2) is 57.6 Å². The number of hydrogen-bond donors (Lipinski definition) is 0. The third kappa shape index (κ3) is 4.39. The van der Waals surface area contributed by atoms with Gasteiger partial charge >= 0.3 is 0 Å². The van der Waals surface area contributed by atoms with Crippen molar-refractivity contribution in [2.24, 2.45) is 5.92 Å². The number of amides is 2. The van der Waals surface area contributed by atoms with Gasteiger partial charge in [0.15, 0.2) is 0 Å². The minimum atomic E-state index is 0.0276. The molecular formula is C22H29BrN4O2. The first kappa shape index (κ1) is 21.6. The predicted molar refractivity (Wildman–Crippen MR) is 117 cm³/mol. The number of aryl methyl sites for hydroxylation is 1. The Labute approximate surface area is 181 Å². The molecule has 0 aliphatic carbocycles. The molecule has 3 rings (SSSR count). The molecule has 0 saturated carbocycles. The van der Waals surface area contributed by atoms with Gasteiger partial charge in [-0.15, -0.1) is 0 Å². The highest BCUT2D eigenvalue weighted by Gasteiger charge is 2.29. The lowest BCUT2D eigenvalue weighted by Crippen LogP contribution is -2.44. The first-order valence-electron chi connectivity index (χ1n) is 10.3. The van der Waals surface area contributed by atoms with E-state index >= 15 is 0 Å². The van der Waals surface area contributed by atoms with Crippen LogP contribution in [-0.2, 0) is 4.79 Å². The molecule has 1 saturated heterocycles. The highest BCUT2D eigenvalue weighted by molar-refractivity contribution is 9.10. The zero-order valence-corrected chi connectivity index (χ0v) is 19.2. The molecule has 0 N–H and O–H groups in total. The van der Waals surface area contributed by atoms with E-state index in [9.17, 15) is 9.59 Å². The summed E-state index contributed by atoms with van der Waals surface area (Å²) in [6, 6.07) is 7.57. The topological polar surface area (TPSA) is 58.4 Å². The van der Waals surface area contributed by atoms with Gasteiger partial charge in [-0.2, -0.15) is 5.10 Å². The Hall–Kier alpha value is -2.15. The number of rotatable bonds is 5. The number of likely N-dealkylation sites (tertiary alicyclic amines) is 1. The van der Waals surface area contributed by atoms with E-state index in [2.05, 4.69) is 21.0 Å². The van der Waals surface area contributed by atoms with Crippen LogP contribution in [0.25, 0.3) is 5.69 Å². The minimum Gasteiger partial charge on any atom is -0.343 e. The quantitative estimate of drug-likeness (QED) is 0.677. The second-order valence-corrected chi connectivity index (χ2v) is 8.31. The molecule has 0 atom stereocenters. The summed E-state index contributed by atoms with van der Waals surface area (Å²) in [4.78, 5) is 29.2. The number of hydrogen-bond acceptors (Lipinski definition) is 3. The summed E-state index contributed by atoms with van der Waals surface area (Å²) in [5.41, 5.74) is 3.56. The number of piperidine rings is 1. The highest BCUT2D eigenvalue weighted by atomic mass is 79.9. The molecule has 1 aromatic heterocycles. The molecule has 6 nitrogen and oxygen atoms in total. The summed E-state index contributed by atoms with van der Waals surface area (Å²) in [5.74, 6) is 0.285. The van der Waals surface area contributed by atoms with Crippen LogP contribution in [0.5, 0.6) is 0 Å². The van der Waals surface area contributed by atoms with Crippen molar-refractivity contribution >= 4 is 27.7 Å². The van der Waals surface area contributed by atoms with Crippen LogP contribution >= 0.6 is 15.9 Å². The molecule has 29 heavy (non-hydrogen) atoms. The first-order chi connectivity index (χ1) is 13.9. The molecule has 1 aliphatic heterocycles. The Morgan fingerprint density at radius 3 is 2.17 bits per heavy atom. The maximum Gasteiger partial charge on any atom is 0.253 e. The van der Waals surface area contributed by atoms with Gasteiger partial charge in [0, 0.05) is 37.7 Å². The number of carbonyl (C=O) groups is 2. The fourth-order valence-corrected chi connectivity index (χ4v) is 4.17. The molecule has 2 heterocycles. The van der Waals surface area contributed by atoms with E-state index in [-0.39, 0.29) is 17.7 Å². The van der Waals surface area contributed by atoms with Crippen molar-refractivity contribution in [1.29, 1.82) is 0 Å². The van der Waals surface area contributed by atoms with Crippen molar-refractivity contribution < 1.29 is 9.59 Å². The van der Waals surface area contributed by atoms with Crippen molar-refractivity contribution in [3.8, 4) is 5.69 Å². The highest BCUT2D eigenvalue weighted by Crippen LogP contribution is 2.24. The third-order valence-corrected chi connectivity index (χ3v) is 6.92. The SMILES string of the molecule is CCN(CC)C(=O)C1CCN(C(=O)c2ccc(-n3nc(C)c(Br)c3C)cc2)CC1. The molecule has 0 spiro atoms. The number of halogens is 1. The Balaban J connectivity index is 1.64. The summed E-state index contributed by atoms with van der Waals surface area (Å²) in [5, 5.41) is 4.54.